The highest BCUT2D eigenvalue weighted by molar-refractivity contribution is 7.89. The van der Waals surface area contributed by atoms with E-state index in [1.807, 2.05) is 25.3 Å². The minimum atomic E-state index is -3.31. The lowest BCUT2D eigenvalue weighted by Crippen LogP contribution is -2.49. The van der Waals surface area contributed by atoms with Gasteiger partial charge in [-0.3, -0.25) is 0 Å². The summed E-state index contributed by atoms with van der Waals surface area (Å²) in [7, 11) is -3.31. The van der Waals surface area contributed by atoms with Crippen LogP contribution in [0.5, 0.6) is 0 Å². The number of nitrogens with zero attached hydrogens (tertiary/aromatic N) is 3. The number of anilines is 1. The van der Waals surface area contributed by atoms with Crippen LogP contribution in [0.4, 0.5) is 5.82 Å². The molecule has 7 nitrogen and oxygen atoms in total. The fraction of sp³-hybridized carbons (Fsp3) is 0.571. The molecule has 2 aromatic heterocycles. The van der Waals surface area contributed by atoms with Crippen LogP contribution in [0.2, 0.25) is 0 Å². The second kappa shape index (κ2) is 6.68. The van der Waals surface area contributed by atoms with E-state index < -0.39 is 10.0 Å². The number of nitrogens with one attached hydrogen (secondary N) is 1. The third kappa shape index (κ3) is 3.79. The molecule has 0 spiro atoms. The molecule has 1 aliphatic rings. The predicted octanol–water partition coefficient (Wildman–Crippen LogP) is 1.54. The number of hydrogen-bond donors (Lipinski definition) is 1. The molecule has 0 unspecified atom stereocenters. The van der Waals surface area contributed by atoms with Crippen molar-refractivity contribution < 1.29 is 13.2 Å². The van der Waals surface area contributed by atoms with Crippen molar-refractivity contribution in [2.75, 3.05) is 30.7 Å². The average Bonchev–Trinajstić information content (AvgIpc) is 2.95. The number of thiophene rings is 1. The third-order valence-corrected chi connectivity index (χ3v) is 6.39. The summed E-state index contributed by atoms with van der Waals surface area (Å²) in [6.07, 6.45) is 1.33. The van der Waals surface area contributed by atoms with Crippen molar-refractivity contribution in [1.29, 1.82) is 0 Å². The van der Waals surface area contributed by atoms with Gasteiger partial charge in [0, 0.05) is 19.6 Å². The number of sulfonamides is 1. The van der Waals surface area contributed by atoms with Gasteiger partial charge in [0.1, 0.15) is 12.1 Å². The molecule has 1 N–H and O–H groups in total. The van der Waals surface area contributed by atoms with Gasteiger partial charge in [-0.2, -0.15) is 4.31 Å². The first-order valence-corrected chi connectivity index (χ1v) is 10.00. The molecule has 1 aliphatic heterocycles. The van der Waals surface area contributed by atoms with E-state index in [0.29, 0.717) is 25.5 Å². The van der Waals surface area contributed by atoms with Crippen molar-refractivity contribution in [3.05, 3.63) is 17.8 Å². The number of aromatic nitrogens is 2. The molecule has 3 rings (SSSR count). The van der Waals surface area contributed by atoms with Crippen LogP contribution < -0.4 is 5.32 Å². The number of fused-ring (bicyclic) bond motifs is 1. The Morgan fingerprint density at radius 2 is 2.09 bits per heavy atom. The molecule has 9 heteroatoms. The van der Waals surface area contributed by atoms with Gasteiger partial charge >= 0.3 is 0 Å². The quantitative estimate of drug-likeness (QED) is 0.875. The standard InChI is InChI=1S/C14H20N4O3S2/c1-10-7-18(8-11(2)21-10)23(19,20)6-4-15-14-13-12(3-5-22-13)16-9-17-14/h3,5,9-11H,4,6-8H2,1-2H3,(H,15,16,17)/t10-,11-/m1/s1. The second-order valence-electron chi connectivity index (χ2n) is 5.67. The average molecular weight is 356 g/mol. The molecule has 3 heterocycles. The zero-order valence-corrected chi connectivity index (χ0v) is 14.7. The predicted molar refractivity (Wildman–Crippen MR) is 91.3 cm³/mol. The van der Waals surface area contributed by atoms with Gasteiger partial charge in [-0.1, -0.05) is 0 Å². The van der Waals surface area contributed by atoms with Crippen molar-refractivity contribution >= 4 is 37.4 Å². The molecule has 0 radical (unpaired) electrons. The van der Waals surface area contributed by atoms with E-state index >= 15 is 0 Å². The van der Waals surface area contributed by atoms with E-state index in [2.05, 4.69) is 15.3 Å². The van der Waals surface area contributed by atoms with Gasteiger partial charge in [0.05, 0.1) is 28.2 Å². The maximum Gasteiger partial charge on any atom is 0.216 e. The third-order valence-electron chi connectivity index (χ3n) is 3.68. The van der Waals surface area contributed by atoms with Gasteiger partial charge in [-0.25, -0.2) is 18.4 Å². The highest BCUT2D eigenvalue weighted by Crippen LogP contribution is 2.24. The lowest BCUT2D eigenvalue weighted by molar-refractivity contribution is -0.0440. The normalized spacial score (nSPS) is 23.2. The number of rotatable bonds is 5. The van der Waals surface area contributed by atoms with Crippen LogP contribution in [0.1, 0.15) is 13.8 Å². The molecule has 1 fully saturated rings. The smallest absolute Gasteiger partial charge is 0.216 e. The van der Waals surface area contributed by atoms with E-state index in [1.165, 1.54) is 22.0 Å². The van der Waals surface area contributed by atoms with Gasteiger partial charge in [0.25, 0.3) is 0 Å². The Bertz CT molecular complexity index is 767. The first-order chi connectivity index (χ1) is 11.0. The molecule has 0 aliphatic carbocycles. The summed E-state index contributed by atoms with van der Waals surface area (Å²) in [5.41, 5.74) is 0.867. The summed E-state index contributed by atoms with van der Waals surface area (Å²) in [5, 5.41) is 5.06. The molecule has 0 aromatic carbocycles. The lowest BCUT2D eigenvalue weighted by Gasteiger charge is -2.34. The molecule has 0 bridgehead atoms. The Labute approximate surface area is 139 Å². The molecule has 0 saturated carbocycles. The van der Waals surface area contributed by atoms with Gasteiger partial charge in [0.15, 0.2) is 0 Å². The number of hydrogen-bond acceptors (Lipinski definition) is 7. The highest BCUT2D eigenvalue weighted by atomic mass is 32.2. The minimum absolute atomic E-state index is 0.0311. The Morgan fingerprint density at radius 3 is 2.83 bits per heavy atom. The van der Waals surface area contributed by atoms with Crippen molar-refractivity contribution in [1.82, 2.24) is 14.3 Å². The van der Waals surface area contributed by atoms with Crippen LogP contribution in [0.3, 0.4) is 0 Å². The molecule has 2 atom stereocenters. The molecule has 126 valence electrons. The largest absolute Gasteiger partial charge is 0.373 e. The van der Waals surface area contributed by atoms with Gasteiger partial charge < -0.3 is 10.1 Å². The molecular weight excluding hydrogens is 336 g/mol. The summed E-state index contributed by atoms with van der Waals surface area (Å²) in [4.78, 5) is 8.36. The number of ether oxygens (including phenoxy) is 1. The van der Waals surface area contributed by atoms with Crippen LogP contribution in [-0.2, 0) is 14.8 Å². The van der Waals surface area contributed by atoms with E-state index in [-0.39, 0.29) is 18.0 Å². The molecular formula is C14H20N4O3S2. The van der Waals surface area contributed by atoms with Crippen LogP contribution in [0, 0.1) is 0 Å². The van der Waals surface area contributed by atoms with Crippen LogP contribution in [0.15, 0.2) is 17.8 Å². The van der Waals surface area contributed by atoms with E-state index in [0.717, 1.165) is 10.2 Å². The first-order valence-electron chi connectivity index (χ1n) is 7.51. The van der Waals surface area contributed by atoms with Gasteiger partial charge in [0.2, 0.25) is 10.0 Å². The summed E-state index contributed by atoms with van der Waals surface area (Å²) >= 11 is 1.54. The lowest BCUT2D eigenvalue weighted by atomic mass is 10.3. The molecule has 23 heavy (non-hydrogen) atoms. The second-order valence-corrected chi connectivity index (χ2v) is 8.68. The summed E-state index contributed by atoms with van der Waals surface area (Å²) in [6, 6.07) is 1.92. The summed E-state index contributed by atoms with van der Waals surface area (Å²) < 4.78 is 33.0. The van der Waals surface area contributed by atoms with E-state index in [4.69, 9.17) is 4.74 Å². The molecule has 2 aromatic rings. The monoisotopic (exact) mass is 356 g/mol. The number of morpholine rings is 1. The van der Waals surface area contributed by atoms with Crippen molar-refractivity contribution in [2.45, 2.75) is 26.1 Å². The Morgan fingerprint density at radius 1 is 1.35 bits per heavy atom. The molecule has 0 amide bonds. The van der Waals surface area contributed by atoms with E-state index in [9.17, 15) is 8.42 Å². The van der Waals surface area contributed by atoms with Crippen LogP contribution in [0.25, 0.3) is 10.2 Å². The maximum absolute atomic E-state index is 12.5. The minimum Gasteiger partial charge on any atom is -0.373 e. The summed E-state index contributed by atoms with van der Waals surface area (Å²) in [6.45, 7) is 4.92. The van der Waals surface area contributed by atoms with Crippen LogP contribution >= 0.6 is 11.3 Å². The zero-order chi connectivity index (χ0) is 16.4. The first kappa shape index (κ1) is 16.6. The van der Waals surface area contributed by atoms with Crippen molar-refractivity contribution in [3.63, 3.8) is 0 Å². The van der Waals surface area contributed by atoms with Gasteiger partial charge in [-0.15, -0.1) is 11.3 Å². The Balaban J connectivity index is 1.62. The Hall–Kier alpha value is -1.29. The zero-order valence-electron chi connectivity index (χ0n) is 13.1. The maximum atomic E-state index is 12.5. The van der Waals surface area contributed by atoms with Crippen LogP contribution in [-0.4, -0.2) is 60.3 Å². The van der Waals surface area contributed by atoms with Crippen molar-refractivity contribution in [2.24, 2.45) is 0 Å². The van der Waals surface area contributed by atoms with Gasteiger partial charge in [-0.05, 0) is 25.3 Å². The summed E-state index contributed by atoms with van der Waals surface area (Å²) in [5.74, 6) is 0.715. The SMILES string of the molecule is C[C@@H]1CN(S(=O)(=O)CCNc2ncnc3ccsc23)C[C@@H](C)O1. The fourth-order valence-corrected chi connectivity index (χ4v) is 5.00. The van der Waals surface area contributed by atoms with E-state index in [1.54, 1.807) is 0 Å². The Kier molecular flexibility index (Phi) is 4.81. The fourth-order valence-electron chi connectivity index (χ4n) is 2.70. The van der Waals surface area contributed by atoms with Crippen molar-refractivity contribution in [3.8, 4) is 0 Å². The highest BCUT2D eigenvalue weighted by Gasteiger charge is 2.30. The molecule has 1 saturated heterocycles. The topological polar surface area (TPSA) is 84.4 Å².